The summed E-state index contributed by atoms with van der Waals surface area (Å²) < 4.78 is 17.0. The Labute approximate surface area is 143 Å². The first kappa shape index (κ1) is 14.3. The van der Waals surface area contributed by atoms with Gasteiger partial charge in [0.05, 0.1) is 17.2 Å². The van der Waals surface area contributed by atoms with Gasteiger partial charge >= 0.3 is 5.63 Å². The number of quaternary nitrogens is 1. The van der Waals surface area contributed by atoms with Crippen LogP contribution in [0.4, 0.5) is 0 Å². The number of furan rings is 1. The lowest BCUT2D eigenvalue weighted by molar-refractivity contribution is -0.946. The Morgan fingerprint density at radius 3 is 2.68 bits per heavy atom. The van der Waals surface area contributed by atoms with Crippen molar-refractivity contribution in [2.24, 2.45) is 0 Å². The number of ether oxygens (including phenoxy) is 1. The van der Waals surface area contributed by atoms with Crippen LogP contribution in [0.5, 0.6) is 5.75 Å². The number of benzene rings is 2. The SMILES string of the molecule is O=c1oc2c3c(ccc2c2ccccc12)OC[NH+](Cc1ccco1)C3. The van der Waals surface area contributed by atoms with Crippen LogP contribution in [0.25, 0.3) is 21.7 Å². The van der Waals surface area contributed by atoms with Crippen LogP contribution >= 0.6 is 0 Å². The van der Waals surface area contributed by atoms with Gasteiger partial charge in [-0.25, -0.2) is 4.79 Å². The summed E-state index contributed by atoms with van der Waals surface area (Å²) in [4.78, 5) is 13.6. The highest BCUT2D eigenvalue weighted by Gasteiger charge is 2.25. The smallest absolute Gasteiger partial charge is 0.344 e. The van der Waals surface area contributed by atoms with Gasteiger partial charge in [0, 0.05) is 5.39 Å². The zero-order valence-electron chi connectivity index (χ0n) is 13.5. The minimum atomic E-state index is -0.311. The quantitative estimate of drug-likeness (QED) is 0.452. The summed E-state index contributed by atoms with van der Waals surface area (Å²) in [5, 5.41) is 2.46. The van der Waals surface area contributed by atoms with E-state index in [0.717, 1.165) is 34.4 Å². The Hall–Kier alpha value is -3.05. The van der Waals surface area contributed by atoms with Crippen molar-refractivity contribution in [1.29, 1.82) is 0 Å². The topological polar surface area (TPSA) is 57.0 Å². The maximum Gasteiger partial charge on any atom is 0.344 e. The lowest BCUT2D eigenvalue weighted by Crippen LogP contribution is -3.10. The fourth-order valence-electron chi connectivity index (χ4n) is 3.54. The fraction of sp³-hybridized carbons (Fsp3) is 0.150. The Kier molecular flexibility index (Phi) is 3.15. The second-order valence-corrected chi connectivity index (χ2v) is 6.33. The van der Waals surface area contributed by atoms with E-state index in [2.05, 4.69) is 0 Å². The van der Waals surface area contributed by atoms with Crippen LogP contribution in [0.15, 0.2) is 68.4 Å². The molecule has 2 aromatic carbocycles. The van der Waals surface area contributed by atoms with Crippen molar-refractivity contribution >= 4 is 21.7 Å². The minimum absolute atomic E-state index is 0.311. The molecular formula is C20H16NO4+. The predicted octanol–water partition coefficient (Wildman–Crippen LogP) is 2.47. The Balaban J connectivity index is 1.65. The van der Waals surface area contributed by atoms with Gasteiger partial charge in [0.15, 0.2) is 11.3 Å². The molecule has 3 heterocycles. The highest BCUT2D eigenvalue weighted by Crippen LogP contribution is 2.31. The number of rotatable bonds is 2. The zero-order chi connectivity index (χ0) is 16.8. The van der Waals surface area contributed by atoms with Crippen LogP contribution in [0.2, 0.25) is 0 Å². The van der Waals surface area contributed by atoms with Gasteiger partial charge in [-0.2, -0.15) is 0 Å². The molecule has 25 heavy (non-hydrogen) atoms. The number of nitrogens with one attached hydrogen (secondary N) is 1. The van der Waals surface area contributed by atoms with E-state index in [1.807, 2.05) is 42.5 Å². The monoisotopic (exact) mass is 334 g/mol. The molecule has 5 nitrogen and oxygen atoms in total. The number of hydrogen-bond acceptors (Lipinski definition) is 4. The van der Waals surface area contributed by atoms with Gasteiger partial charge in [0.1, 0.15) is 18.8 Å². The second kappa shape index (κ2) is 5.50. The van der Waals surface area contributed by atoms with E-state index >= 15 is 0 Å². The zero-order valence-corrected chi connectivity index (χ0v) is 13.5. The van der Waals surface area contributed by atoms with E-state index in [1.54, 1.807) is 12.3 Å². The van der Waals surface area contributed by atoms with Crippen LogP contribution in [0.3, 0.4) is 0 Å². The molecule has 4 aromatic rings. The van der Waals surface area contributed by atoms with Gasteiger partial charge in [-0.15, -0.1) is 0 Å². The maximum absolute atomic E-state index is 12.4. The molecule has 1 atom stereocenters. The average molecular weight is 334 g/mol. The van der Waals surface area contributed by atoms with E-state index in [9.17, 15) is 4.79 Å². The summed E-state index contributed by atoms with van der Waals surface area (Å²) in [5.41, 5.74) is 1.25. The van der Waals surface area contributed by atoms with E-state index in [0.29, 0.717) is 24.2 Å². The molecule has 0 saturated heterocycles. The standard InChI is InChI=1S/C20H15NO4/c22-20-16-6-2-1-5-14(16)15-7-8-18-17(19(15)25-20)11-21(12-24-18)10-13-4-3-9-23-13/h1-9H,10-12H2/p+1. The second-order valence-electron chi connectivity index (χ2n) is 6.33. The van der Waals surface area contributed by atoms with Crippen molar-refractivity contribution < 1.29 is 18.5 Å². The van der Waals surface area contributed by atoms with Gasteiger partial charge < -0.3 is 13.6 Å². The van der Waals surface area contributed by atoms with Crippen LogP contribution in [-0.4, -0.2) is 6.73 Å². The van der Waals surface area contributed by atoms with Gasteiger partial charge in [-0.3, -0.25) is 4.90 Å². The fourth-order valence-corrected chi connectivity index (χ4v) is 3.54. The summed E-state index contributed by atoms with van der Waals surface area (Å²) in [6, 6.07) is 15.3. The molecule has 5 rings (SSSR count). The van der Waals surface area contributed by atoms with Crippen LogP contribution in [-0.2, 0) is 13.1 Å². The molecule has 0 bridgehead atoms. The first-order chi connectivity index (χ1) is 12.3. The third-order valence-electron chi connectivity index (χ3n) is 4.71. The molecule has 1 unspecified atom stereocenters. The molecule has 2 aromatic heterocycles. The van der Waals surface area contributed by atoms with E-state index < -0.39 is 0 Å². The van der Waals surface area contributed by atoms with E-state index in [1.165, 1.54) is 4.90 Å². The summed E-state index contributed by atoms with van der Waals surface area (Å²) in [6.45, 7) is 1.99. The molecule has 1 aliphatic rings. The number of hydrogen-bond donors (Lipinski definition) is 1. The first-order valence-electron chi connectivity index (χ1n) is 8.26. The molecule has 0 saturated carbocycles. The molecule has 0 aliphatic carbocycles. The van der Waals surface area contributed by atoms with Crippen LogP contribution in [0.1, 0.15) is 11.3 Å². The summed E-state index contributed by atoms with van der Waals surface area (Å²) in [5.74, 6) is 1.70. The third-order valence-corrected chi connectivity index (χ3v) is 4.71. The normalized spacial score (nSPS) is 16.7. The molecule has 1 aliphatic heterocycles. The van der Waals surface area contributed by atoms with Crippen molar-refractivity contribution in [3.05, 3.63) is 76.5 Å². The van der Waals surface area contributed by atoms with Crippen molar-refractivity contribution in [1.82, 2.24) is 0 Å². The number of fused-ring (bicyclic) bond motifs is 5. The Morgan fingerprint density at radius 2 is 1.84 bits per heavy atom. The van der Waals surface area contributed by atoms with Crippen molar-refractivity contribution in [3.8, 4) is 5.75 Å². The average Bonchev–Trinajstić information content (AvgIpc) is 3.15. The summed E-state index contributed by atoms with van der Waals surface area (Å²) >= 11 is 0. The third kappa shape index (κ3) is 2.32. The lowest BCUT2D eigenvalue weighted by atomic mass is 10.0. The van der Waals surface area contributed by atoms with E-state index in [-0.39, 0.29) is 5.63 Å². The van der Waals surface area contributed by atoms with Crippen molar-refractivity contribution in [2.75, 3.05) is 6.73 Å². The minimum Gasteiger partial charge on any atom is -0.463 e. The molecule has 0 radical (unpaired) electrons. The van der Waals surface area contributed by atoms with Crippen LogP contribution < -0.4 is 15.3 Å². The Bertz CT molecular complexity index is 1130. The highest BCUT2D eigenvalue weighted by atomic mass is 16.5. The highest BCUT2D eigenvalue weighted by molar-refractivity contribution is 6.05. The molecule has 1 N–H and O–H groups in total. The van der Waals surface area contributed by atoms with Crippen molar-refractivity contribution in [2.45, 2.75) is 13.1 Å². The first-order valence-corrected chi connectivity index (χ1v) is 8.26. The van der Waals surface area contributed by atoms with E-state index in [4.69, 9.17) is 13.6 Å². The molecular weight excluding hydrogens is 318 g/mol. The largest absolute Gasteiger partial charge is 0.463 e. The van der Waals surface area contributed by atoms with Gasteiger partial charge in [0.2, 0.25) is 6.73 Å². The summed E-state index contributed by atoms with van der Waals surface area (Å²) in [6.07, 6.45) is 1.67. The van der Waals surface area contributed by atoms with Crippen LogP contribution in [0, 0.1) is 0 Å². The van der Waals surface area contributed by atoms with Gasteiger partial charge in [0.25, 0.3) is 0 Å². The Morgan fingerprint density at radius 1 is 0.960 bits per heavy atom. The van der Waals surface area contributed by atoms with Crippen molar-refractivity contribution in [3.63, 3.8) is 0 Å². The molecule has 0 fully saturated rings. The van der Waals surface area contributed by atoms with Gasteiger partial charge in [-0.1, -0.05) is 18.2 Å². The maximum atomic E-state index is 12.4. The molecule has 5 heteroatoms. The summed E-state index contributed by atoms with van der Waals surface area (Å²) in [7, 11) is 0. The molecule has 0 amide bonds. The lowest BCUT2D eigenvalue weighted by Gasteiger charge is -2.25. The predicted molar refractivity (Wildman–Crippen MR) is 92.6 cm³/mol. The molecule has 124 valence electrons. The van der Waals surface area contributed by atoms with Gasteiger partial charge in [-0.05, 0) is 35.7 Å². The molecule has 0 spiro atoms.